The predicted molar refractivity (Wildman–Crippen MR) is 84.2 cm³/mol. The number of imidazole rings is 1. The number of rotatable bonds is 5. The maximum Gasteiger partial charge on any atom is 0.116 e. The molecule has 1 N–H and O–H groups in total. The molecule has 2 heterocycles. The summed E-state index contributed by atoms with van der Waals surface area (Å²) in [5.74, 6) is 0. The van der Waals surface area contributed by atoms with Crippen molar-refractivity contribution in [2.45, 2.75) is 52.6 Å². The normalized spacial score (nSPS) is 13.7. The Labute approximate surface area is 125 Å². The summed E-state index contributed by atoms with van der Waals surface area (Å²) in [5.41, 5.74) is 2.43. The van der Waals surface area contributed by atoms with E-state index >= 15 is 0 Å². The van der Waals surface area contributed by atoms with Gasteiger partial charge in [0.2, 0.25) is 0 Å². The summed E-state index contributed by atoms with van der Waals surface area (Å²) in [4.78, 5) is 9.12. The summed E-state index contributed by atoms with van der Waals surface area (Å²) in [6.45, 7) is 12.7. The molecule has 0 fully saturated rings. The smallest absolute Gasteiger partial charge is 0.116 e. The minimum Gasteiger partial charge on any atom is -0.333 e. The van der Waals surface area contributed by atoms with Crippen molar-refractivity contribution in [2.24, 2.45) is 0 Å². The van der Waals surface area contributed by atoms with E-state index < -0.39 is 0 Å². The lowest BCUT2D eigenvalue weighted by Gasteiger charge is -2.18. The third-order valence-corrected chi connectivity index (χ3v) is 4.24. The Morgan fingerprint density at radius 3 is 2.65 bits per heavy atom. The highest BCUT2D eigenvalue weighted by Gasteiger charge is 2.23. The minimum atomic E-state index is 0.0938. The van der Waals surface area contributed by atoms with E-state index in [1.807, 2.05) is 12.5 Å². The molecule has 0 aliphatic rings. The lowest BCUT2D eigenvalue weighted by molar-refractivity contribution is 0.549. The number of hydrogen-bond donors (Lipinski definition) is 1. The third-order valence-electron chi connectivity index (χ3n) is 3.33. The average molecular weight is 292 g/mol. The SMILES string of the molecule is CCNC(c1nc(C(C)(C)C)cs1)c1cncn1CC. The highest BCUT2D eigenvalue weighted by atomic mass is 32.1. The van der Waals surface area contributed by atoms with Gasteiger partial charge in [0.15, 0.2) is 0 Å². The van der Waals surface area contributed by atoms with Gasteiger partial charge in [0.1, 0.15) is 11.0 Å². The lowest BCUT2D eigenvalue weighted by atomic mass is 9.93. The van der Waals surface area contributed by atoms with Gasteiger partial charge in [0.25, 0.3) is 0 Å². The molecule has 0 radical (unpaired) electrons. The third kappa shape index (κ3) is 3.10. The van der Waals surface area contributed by atoms with E-state index in [9.17, 15) is 0 Å². The fraction of sp³-hybridized carbons (Fsp3) is 0.600. The van der Waals surface area contributed by atoms with E-state index in [0.717, 1.165) is 23.8 Å². The second kappa shape index (κ2) is 6.06. The van der Waals surface area contributed by atoms with Crippen molar-refractivity contribution in [1.82, 2.24) is 19.9 Å². The van der Waals surface area contributed by atoms with Crippen molar-refractivity contribution < 1.29 is 0 Å². The number of thiazole rings is 1. The number of aromatic nitrogens is 3. The Morgan fingerprint density at radius 2 is 2.10 bits per heavy atom. The van der Waals surface area contributed by atoms with Crippen molar-refractivity contribution in [2.75, 3.05) is 6.54 Å². The summed E-state index contributed by atoms with van der Waals surface area (Å²) in [5, 5.41) is 6.82. The molecule has 1 atom stereocenters. The second-order valence-corrected chi connectivity index (χ2v) is 6.81. The molecule has 0 aromatic carbocycles. The van der Waals surface area contributed by atoms with Crippen molar-refractivity contribution in [3.05, 3.63) is 34.3 Å². The van der Waals surface area contributed by atoms with E-state index in [1.165, 1.54) is 5.69 Å². The first kappa shape index (κ1) is 15.2. The predicted octanol–water partition coefficient (Wildman–Crippen LogP) is 3.36. The lowest BCUT2D eigenvalue weighted by Crippen LogP contribution is -2.24. The first-order valence-electron chi connectivity index (χ1n) is 7.16. The van der Waals surface area contributed by atoms with Gasteiger partial charge in [0, 0.05) is 17.3 Å². The van der Waals surface area contributed by atoms with Crippen molar-refractivity contribution >= 4 is 11.3 Å². The van der Waals surface area contributed by atoms with E-state index in [1.54, 1.807) is 11.3 Å². The Hall–Kier alpha value is -1.20. The van der Waals surface area contributed by atoms with Gasteiger partial charge in [-0.3, -0.25) is 0 Å². The number of nitrogens with zero attached hydrogens (tertiary/aromatic N) is 3. The van der Waals surface area contributed by atoms with E-state index in [0.29, 0.717) is 0 Å². The van der Waals surface area contributed by atoms with Gasteiger partial charge < -0.3 is 9.88 Å². The van der Waals surface area contributed by atoms with Gasteiger partial charge in [-0.2, -0.15) is 0 Å². The maximum atomic E-state index is 4.85. The van der Waals surface area contributed by atoms with Gasteiger partial charge >= 0.3 is 0 Å². The highest BCUT2D eigenvalue weighted by Crippen LogP contribution is 2.29. The molecule has 2 rings (SSSR count). The van der Waals surface area contributed by atoms with Crippen LogP contribution in [0.2, 0.25) is 0 Å². The second-order valence-electron chi connectivity index (χ2n) is 5.92. The molecule has 1 unspecified atom stereocenters. The van der Waals surface area contributed by atoms with Gasteiger partial charge in [0.05, 0.1) is 23.9 Å². The van der Waals surface area contributed by atoms with Crippen LogP contribution in [0.25, 0.3) is 0 Å². The van der Waals surface area contributed by atoms with E-state index in [4.69, 9.17) is 4.98 Å². The summed E-state index contributed by atoms with van der Waals surface area (Å²) in [6, 6.07) is 0.128. The number of nitrogens with one attached hydrogen (secondary N) is 1. The van der Waals surface area contributed by atoms with Crippen LogP contribution in [0.15, 0.2) is 17.9 Å². The van der Waals surface area contributed by atoms with Crippen LogP contribution in [0.4, 0.5) is 0 Å². The maximum absolute atomic E-state index is 4.85. The topological polar surface area (TPSA) is 42.7 Å². The van der Waals surface area contributed by atoms with Crippen molar-refractivity contribution in [3.63, 3.8) is 0 Å². The monoisotopic (exact) mass is 292 g/mol. The molecule has 2 aromatic heterocycles. The van der Waals surface area contributed by atoms with Crippen molar-refractivity contribution in [3.8, 4) is 0 Å². The molecule has 0 bridgehead atoms. The summed E-state index contributed by atoms with van der Waals surface area (Å²) in [7, 11) is 0. The van der Waals surface area contributed by atoms with Crippen LogP contribution in [-0.2, 0) is 12.0 Å². The summed E-state index contributed by atoms with van der Waals surface area (Å²) < 4.78 is 2.17. The fourth-order valence-corrected chi connectivity index (χ4v) is 3.25. The molecular formula is C15H24N4S. The van der Waals surface area contributed by atoms with Gasteiger partial charge in [-0.25, -0.2) is 9.97 Å². The van der Waals surface area contributed by atoms with Crippen LogP contribution in [0.1, 0.15) is 57.1 Å². The average Bonchev–Trinajstić information content (AvgIpc) is 3.04. The molecule has 0 spiro atoms. The highest BCUT2D eigenvalue weighted by molar-refractivity contribution is 7.09. The number of aryl methyl sites for hydroxylation is 1. The number of hydrogen-bond acceptors (Lipinski definition) is 4. The van der Waals surface area contributed by atoms with Gasteiger partial charge in [-0.05, 0) is 13.5 Å². The zero-order chi connectivity index (χ0) is 14.8. The Bertz CT molecular complexity index is 550. The van der Waals surface area contributed by atoms with Crippen LogP contribution in [-0.4, -0.2) is 21.1 Å². The van der Waals surface area contributed by atoms with Gasteiger partial charge in [-0.1, -0.05) is 27.7 Å². The van der Waals surface area contributed by atoms with Crippen molar-refractivity contribution in [1.29, 1.82) is 0 Å². The molecule has 20 heavy (non-hydrogen) atoms. The molecule has 5 heteroatoms. The summed E-state index contributed by atoms with van der Waals surface area (Å²) in [6.07, 6.45) is 3.83. The van der Waals surface area contributed by atoms with Crippen LogP contribution >= 0.6 is 11.3 Å². The molecule has 0 aliphatic heterocycles. The first-order valence-corrected chi connectivity index (χ1v) is 8.04. The largest absolute Gasteiger partial charge is 0.333 e. The minimum absolute atomic E-state index is 0.0938. The molecule has 4 nitrogen and oxygen atoms in total. The Kier molecular flexibility index (Phi) is 4.60. The zero-order valence-electron chi connectivity index (χ0n) is 13.0. The molecule has 0 aliphatic carbocycles. The quantitative estimate of drug-likeness (QED) is 0.919. The van der Waals surface area contributed by atoms with E-state index in [2.05, 4.69) is 54.9 Å². The Balaban J connectivity index is 2.36. The Morgan fingerprint density at radius 1 is 1.35 bits per heavy atom. The molecule has 0 saturated carbocycles. The van der Waals surface area contributed by atoms with Crippen LogP contribution in [0, 0.1) is 0 Å². The molecular weight excluding hydrogens is 268 g/mol. The first-order chi connectivity index (χ1) is 9.47. The van der Waals surface area contributed by atoms with Crippen LogP contribution in [0.5, 0.6) is 0 Å². The van der Waals surface area contributed by atoms with E-state index in [-0.39, 0.29) is 11.5 Å². The van der Waals surface area contributed by atoms with Crippen LogP contribution in [0.3, 0.4) is 0 Å². The standard InChI is InChI=1S/C15H24N4S/c1-6-17-13(11-8-16-10-19(11)7-2)14-18-12(9-20-14)15(3,4)5/h8-10,13,17H,6-7H2,1-5H3. The summed E-state index contributed by atoms with van der Waals surface area (Å²) >= 11 is 1.73. The molecule has 0 amide bonds. The zero-order valence-corrected chi connectivity index (χ0v) is 13.8. The molecule has 2 aromatic rings. The molecule has 0 saturated heterocycles. The van der Waals surface area contributed by atoms with Crippen LogP contribution < -0.4 is 5.32 Å². The van der Waals surface area contributed by atoms with Gasteiger partial charge in [-0.15, -0.1) is 11.3 Å². The molecule has 110 valence electrons. The fourth-order valence-electron chi connectivity index (χ4n) is 2.12.